The molecule has 3 nitrogen and oxygen atoms in total. The van der Waals surface area contributed by atoms with E-state index in [2.05, 4.69) is 13.8 Å². The highest BCUT2D eigenvalue weighted by atomic mass is 31.1. The van der Waals surface area contributed by atoms with Gasteiger partial charge in [-0.2, -0.15) is 0 Å². The number of unbranched alkanes of at least 4 members (excludes halogenated alkanes) is 6. The van der Waals surface area contributed by atoms with Crippen molar-refractivity contribution in [1.82, 2.24) is 0 Å². The third-order valence-corrected chi connectivity index (χ3v) is 3.48. The average molecular weight is 263 g/mol. The number of rotatable bonds is 12. The van der Waals surface area contributed by atoms with Crippen LogP contribution in [0.1, 0.15) is 78.1 Å². The predicted octanol–water partition coefficient (Wildman–Crippen LogP) is 4.96. The van der Waals surface area contributed by atoms with Crippen molar-refractivity contribution in [2.24, 2.45) is 0 Å². The second-order valence-corrected chi connectivity index (χ2v) is 5.35. The van der Waals surface area contributed by atoms with E-state index >= 15 is 0 Å². The smallest absolute Gasteiger partial charge is 0.133 e. The molecule has 0 aromatic heterocycles. The van der Waals surface area contributed by atoms with Gasteiger partial charge in [0.1, 0.15) is 6.10 Å². The Morgan fingerprint density at radius 2 is 1.41 bits per heavy atom. The van der Waals surface area contributed by atoms with Gasteiger partial charge >= 0.3 is 8.25 Å². The van der Waals surface area contributed by atoms with Gasteiger partial charge in [0.25, 0.3) is 0 Å². The second kappa shape index (κ2) is 12.5. The standard InChI is InChI=1S/C13H27O3P/c1-3-5-7-9-11-13(16-17(14)15)12-10-8-6-4-2/h13H,3-12H2,1-2H3/p+1. The minimum atomic E-state index is -2.44. The lowest BCUT2D eigenvalue weighted by molar-refractivity contribution is 0.163. The summed E-state index contributed by atoms with van der Waals surface area (Å²) in [6, 6.07) is 0. The normalized spacial score (nSPS) is 12.1. The molecule has 0 aliphatic carbocycles. The Balaban J connectivity index is 3.68. The molecule has 0 spiro atoms. The Morgan fingerprint density at radius 3 is 1.76 bits per heavy atom. The zero-order valence-corrected chi connectivity index (χ0v) is 12.3. The average Bonchev–Trinajstić information content (AvgIpc) is 2.29. The van der Waals surface area contributed by atoms with Crippen molar-refractivity contribution in [3.8, 4) is 0 Å². The van der Waals surface area contributed by atoms with Crippen LogP contribution in [0.5, 0.6) is 0 Å². The van der Waals surface area contributed by atoms with Gasteiger partial charge in [0, 0.05) is 4.57 Å². The van der Waals surface area contributed by atoms with Gasteiger partial charge in [-0.1, -0.05) is 65.2 Å². The first-order chi connectivity index (χ1) is 8.20. The van der Waals surface area contributed by atoms with Gasteiger partial charge in [0.15, 0.2) is 0 Å². The summed E-state index contributed by atoms with van der Waals surface area (Å²) >= 11 is 0. The highest BCUT2D eigenvalue weighted by Crippen LogP contribution is 2.25. The summed E-state index contributed by atoms with van der Waals surface area (Å²) in [6.45, 7) is 4.37. The Morgan fingerprint density at radius 1 is 0.941 bits per heavy atom. The van der Waals surface area contributed by atoms with Crippen molar-refractivity contribution in [3.63, 3.8) is 0 Å². The van der Waals surface area contributed by atoms with Crippen LogP contribution < -0.4 is 0 Å². The summed E-state index contributed by atoms with van der Waals surface area (Å²) in [4.78, 5) is 8.82. The SMILES string of the molecule is CCCCCCC(CCCCCC)O[P+](=O)O. The van der Waals surface area contributed by atoms with Crippen LogP contribution in [0.2, 0.25) is 0 Å². The Labute approximate surface area is 107 Å². The van der Waals surface area contributed by atoms with E-state index in [1.165, 1.54) is 38.5 Å². The summed E-state index contributed by atoms with van der Waals surface area (Å²) in [5.41, 5.74) is 0. The van der Waals surface area contributed by atoms with E-state index in [1.807, 2.05) is 0 Å². The summed E-state index contributed by atoms with van der Waals surface area (Å²) in [6.07, 6.45) is 11.4. The van der Waals surface area contributed by atoms with Crippen LogP contribution in [0.3, 0.4) is 0 Å². The molecule has 0 aliphatic rings. The van der Waals surface area contributed by atoms with Gasteiger partial charge in [-0.05, 0) is 12.8 Å². The first-order valence-electron chi connectivity index (χ1n) is 7.03. The van der Waals surface area contributed by atoms with E-state index < -0.39 is 8.25 Å². The van der Waals surface area contributed by atoms with Crippen LogP contribution in [0, 0.1) is 0 Å². The van der Waals surface area contributed by atoms with Crippen molar-refractivity contribution in [2.75, 3.05) is 0 Å². The topological polar surface area (TPSA) is 46.5 Å². The largest absolute Gasteiger partial charge is 0.694 e. The van der Waals surface area contributed by atoms with Crippen LogP contribution in [0.25, 0.3) is 0 Å². The zero-order valence-electron chi connectivity index (χ0n) is 11.4. The fourth-order valence-electron chi connectivity index (χ4n) is 1.97. The van der Waals surface area contributed by atoms with Crippen LogP contribution in [-0.2, 0) is 9.09 Å². The molecule has 0 heterocycles. The molecule has 0 aromatic rings. The first kappa shape index (κ1) is 17.0. The third kappa shape index (κ3) is 12.3. The van der Waals surface area contributed by atoms with Gasteiger partial charge in [0.05, 0.1) is 0 Å². The molecular weight excluding hydrogens is 235 g/mol. The predicted molar refractivity (Wildman–Crippen MR) is 72.2 cm³/mol. The molecule has 1 N–H and O–H groups in total. The van der Waals surface area contributed by atoms with Crippen LogP contribution in [0.15, 0.2) is 0 Å². The van der Waals surface area contributed by atoms with E-state index in [0.29, 0.717) is 0 Å². The van der Waals surface area contributed by atoms with Crippen LogP contribution in [0.4, 0.5) is 0 Å². The fraction of sp³-hybridized carbons (Fsp3) is 1.00. The molecular formula is C13H28O3P+. The Bertz CT molecular complexity index is 174. The maximum absolute atomic E-state index is 10.7. The zero-order chi connectivity index (χ0) is 12.9. The molecule has 4 heteroatoms. The molecule has 0 saturated heterocycles. The van der Waals surface area contributed by atoms with Gasteiger partial charge in [-0.25, -0.2) is 0 Å². The summed E-state index contributed by atoms with van der Waals surface area (Å²) in [7, 11) is -2.44. The molecule has 0 amide bonds. The van der Waals surface area contributed by atoms with E-state index in [9.17, 15) is 4.57 Å². The van der Waals surface area contributed by atoms with Crippen molar-refractivity contribution in [1.29, 1.82) is 0 Å². The van der Waals surface area contributed by atoms with Crippen molar-refractivity contribution in [2.45, 2.75) is 84.2 Å². The van der Waals surface area contributed by atoms with E-state index in [1.54, 1.807) is 0 Å². The number of hydrogen-bond acceptors (Lipinski definition) is 2. The molecule has 0 bridgehead atoms. The maximum atomic E-state index is 10.7. The summed E-state index contributed by atoms with van der Waals surface area (Å²) < 4.78 is 15.8. The second-order valence-electron chi connectivity index (χ2n) is 4.66. The van der Waals surface area contributed by atoms with E-state index in [0.717, 1.165) is 25.7 Å². The van der Waals surface area contributed by atoms with Gasteiger partial charge < -0.3 is 0 Å². The molecule has 0 fully saturated rings. The molecule has 0 aromatic carbocycles. The summed E-state index contributed by atoms with van der Waals surface area (Å²) in [5.74, 6) is 0. The van der Waals surface area contributed by atoms with Crippen LogP contribution >= 0.6 is 8.25 Å². The lowest BCUT2D eigenvalue weighted by atomic mass is 10.0. The quantitative estimate of drug-likeness (QED) is 0.400. The van der Waals surface area contributed by atoms with Crippen molar-refractivity contribution in [3.05, 3.63) is 0 Å². The van der Waals surface area contributed by atoms with Gasteiger partial charge in [-0.15, -0.1) is 9.42 Å². The Kier molecular flexibility index (Phi) is 12.5. The molecule has 1 unspecified atom stereocenters. The first-order valence-corrected chi connectivity index (χ1v) is 8.16. The number of hydrogen-bond donors (Lipinski definition) is 1. The van der Waals surface area contributed by atoms with Gasteiger partial charge in [-0.3, -0.25) is 0 Å². The molecule has 0 rings (SSSR count). The molecule has 102 valence electrons. The van der Waals surface area contributed by atoms with E-state index in [-0.39, 0.29) is 6.10 Å². The minimum absolute atomic E-state index is 0.0164. The highest BCUT2D eigenvalue weighted by Gasteiger charge is 2.21. The monoisotopic (exact) mass is 263 g/mol. The molecule has 17 heavy (non-hydrogen) atoms. The highest BCUT2D eigenvalue weighted by molar-refractivity contribution is 7.32. The van der Waals surface area contributed by atoms with Crippen LogP contribution in [-0.4, -0.2) is 11.0 Å². The molecule has 0 aliphatic heterocycles. The lowest BCUT2D eigenvalue weighted by Crippen LogP contribution is -2.09. The Hall–Kier alpha value is 0.0200. The van der Waals surface area contributed by atoms with E-state index in [4.69, 9.17) is 9.42 Å². The summed E-state index contributed by atoms with van der Waals surface area (Å²) in [5, 5.41) is 0. The fourth-order valence-corrected chi connectivity index (χ4v) is 2.44. The van der Waals surface area contributed by atoms with Crippen molar-refractivity contribution >= 4 is 8.25 Å². The van der Waals surface area contributed by atoms with Gasteiger partial charge in [0.2, 0.25) is 0 Å². The minimum Gasteiger partial charge on any atom is -0.133 e. The molecule has 1 atom stereocenters. The lowest BCUT2D eigenvalue weighted by Gasteiger charge is -2.09. The maximum Gasteiger partial charge on any atom is 0.694 e. The van der Waals surface area contributed by atoms with Crippen molar-refractivity contribution < 1.29 is 14.0 Å². The third-order valence-electron chi connectivity index (χ3n) is 3.00. The molecule has 0 radical (unpaired) electrons. The molecule has 0 saturated carbocycles.